The molecule has 0 saturated carbocycles. The van der Waals surface area contributed by atoms with Gasteiger partial charge >= 0.3 is 0 Å². The third kappa shape index (κ3) is 5.06. The van der Waals surface area contributed by atoms with E-state index in [4.69, 9.17) is 5.10 Å². The largest absolute Gasteiger partial charge is 0.378 e. The summed E-state index contributed by atoms with van der Waals surface area (Å²) in [6.07, 6.45) is 5.76. The van der Waals surface area contributed by atoms with Crippen LogP contribution in [0.4, 0.5) is 5.69 Å². The Morgan fingerprint density at radius 3 is 2.24 bits per heavy atom. The van der Waals surface area contributed by atoms with Crippen molar-refractivity contribution in [1.82, 2.24) is 15.1 Å². The maximum absolute atomic E-state index is 4.92. The second-order valence-electron chi connectivity index (χ2n) is 10.6. The lowest BCUT2D eigenvalue weighted by Gasteiger charge is -2.19. The SMILES string of the molecule is Cc1nn(-c2ccc(C(C)(C)C)cc2)c(C)c1C1C=CC(NCc2ccc(N(C)C)cc2)C1. The zero-order chi connectivity index (χ0) is 23.8. The van der Waals surface area contributed by atoms with Gasteiger partial charge in [-0.05, 0) is 61.1 Å². The molecule has 2 unspecified atom stereocenters. The maximum Gasteiger partial charge on any atom is 0.0649 e. The third-order valence-electron chi connectivity index (χ3n) is 6.80. The molecule has 0 aliphatic heterocycles. The van der Waals surface area contributed by atoms with Crippen LogP contribution in [0.3, 0.4) is 0 Å². The Morgan fingerprint density at radius 2 is 1.64 bits per heavy atom. The normalized spacial score (nSPS) is 18.2. The highest BCUT2D eigenvalue weighted by molar-refractivity contribution is 5.46. The lowest BCUT2D eigenvalue weighted by atomic mass is 9.87. The van der Waals surface area contributed by atoms with E-state index in [1.807, 2.05) is 0 Å². The monoisotopic (exact) mass is 442 g/mol. The number of nitrogens with zero attached hydrogens (tertiary/aromatic N) is 3. The molecule has 2 atom stereocenters. The van der Waals surface area contributed by atoms with Crippen LogP contribution in [-0.4, -0.2) is 29.9 Å². The molecule has 0 spiro atoms. The fourth-order valence-corrected chi connectivity index (χ4v) is 4.77. The molecule has 4 rings (SSSR count). The number of allylic oxidation sites excluding steroid dienone is 1. The van der Waals surface area contributed by atoms with Crippen LogP contribution in [0.25, 0.3) is 5.69 Å². The van der Waals surface area contributed by atoms with Crippen molar-refractivity contribution < 1.29 is 0 Å². The first-order valence-electron chi connectivity index (χ1n) is 12.0. The minimum Gasteiger partial charge on any atom is -0.378 e. The second-order valence-corrected chi connectivity index (χ2v) is 10.6. The number of aryl methyl sites for hydroxylation is 1. The number of benzene rings is 2. The number of aromatic nitrogens is 2. The van der Waals surface area contributed by atoms with E-state index in [2.05, 4.69) is 124 Å². The first-order chi connectivity index (χ1) is 15.6. The Morgan fingerprint density at radius 1 is 0.970 bits per heavy atom. The van der Waals surface area contributed by atoms with Crippen molar-refractivity contribution in [3.8, 4) is 5.69 Å². The molecule has 0 saturated heterocycles. The Bertz CT molecular complexity index is 1110. The predicted octanol–water partition coefficient (Wildman–Crippen LogP) is 6.05. The molecule has 1 aliphatic carbocycles. The Hall–Kier alpha value is -2.85. The van der Waals surface area contributed by atoms with Crippen LogP contribution in [-0.2, 0) is 12.0 Å². The molecular weight excluding hydrogens is 404 g/mol. The molecule has 0 radical (unpaired) electrons. The molecule has 0 bridgehead atoms. The molecule has 2 aromatic carbocycles. The van der Waals surface area contributed by atoms with Crippen molar-refractivity contribution in [3.05, 3.63) is 88.8 Å². The zero-order valence-electron chi connectivity index (χ0n) is 21.2. The van der Waals surface area contributed by atoms with Gasteiger partial charge in [-0.2, -0.15) is 5.10 Å². The molecule has 0 fully saturated rings. The molecule has 174 valence electrons. The van der Waals surface area contributed by atoms with Crippen LogP contribution in [0.5, 0.6) is 0 Å². The van der Waals surface area contributed by atoms with Gasteiger partial charge in [0.25, 0.3) is 0 Å². The number of hydrogen-bond acceptors (Lipinski definition) is 3. The second kappa shape index (κ2) is 9.18. The summed E-state index contributed by atoms with van der Waals surface area (Å²) in [5, 5.41) is 8.63. The van der Waals surface area contributed by atoms with Crippen LogP contribution in [0, 0.1) is 13.8 Å². The van der Waals surface area contributed by atoms with Crippen LogP contribution < -0.4 is 10.2 Å². The summed E-state index contributed by atoms with van der Waals surface area (Å²) < 4.78 is 2.11. The number of nitrogens with one attached hydrogen (secondary N) is 1. The highest BCUT2D eigenvalue weighted by Crippen LogP contribution is 2.34. The molecule has 0 amide bonds. The summed E-state index contributed by atoms with van der Waals surface area (Å²) in [5.74, 6) is 0.404. The Labute approximate surface area is 199 Å². The predicted molar refractivity (Wildman–Crippen MR) is 140 cm³/mol. The minimum atomic E-state index is 0.157. The summed E-state index contributed by atoms with van der Waals surface area (Å²) in [7, 11) is 4.15. The average Bonchev–Trinajstić information content (AvgIpc) is 3.35. The van der Waals surface area contributed by atoms with Gasteiger partial charge in [-0.25, -0.2) is 4.68 Å². The van der Waals surface area contributed by atoms with Gasteiger partial charge in [0, 0.05) is 49.5 Å². The van der Waals surface area contributed by atoms with Crippen molar-refractivity contribution in [2.45, 2.75) is 65.0 Å². The van der Waals surface area contributed by atoms with E-state index in [0.29, 0.717) is 12.0 Å². The average molecular weight is 443 g/mol. The molecule has 1 N–H and O–H groups in total. The van der Waals surface area contributed by atoms with Gasteiger partial charge in [-0.1, -0.05) is 57.2 Å². The molecule has 1 aliphatic rings. The lowest BCUT2D eigenvalue weighted by Crippen LogP contribution is -2.25. The summed E-state index contributed by atoms with van der Waals surface area (Å²) in [6, 6.07) is 18.0. The molecule has 4 heteroatoms. The van der Waals surface area contributed by atoms with Gasteiger partial charge in [0.2, 0.25) is 0 Å². The molecule has 3 aromatic rings. The smallest absolute Gasteiger partial charge is 0.0649 e. The zero-order valence-corrected chi connectivity index (χ0v) is 21.2. The minimum absolute atomic E-state index is 0.157. The first-order valence-corrected chi connectivity index (χ1v) is 12.0. The van der Waals surface area contributed by atoms with Gasteiger partial charge in [-0.3, -0.25) is 0 Å². The fraction of sp³-hybridized carbons (Fsp3) is 0.414. The molecule has 1 heterocycles. The van der Waals surface area contributed by atoms with Crippen LogP contribution in [0.1, 0.15) is 61.2 Å². The van der Waals surface area contributed by atoms with E-state index in [0.717, 1.165) is 24.3 Å². The van der Waals surface area contributed by atoms with Crippen molar-refractivity contribution in [2.24, 2.45) is 0 Å². The summed E-state index contributed by atoms with van der Waals surface area (Å²) in [5.41, 5.74) is 8.92. The van der Waals surface area contributed by atoms with Crippen molar-refractivity contribution in [1.29, 1.82) is 0 Å². The third-order valence-corrected chi connectivity index (χ3v) is 6.80. The highest BCUT2D eigenvalue weighted by atomic mass is 15.3. The summed E-state index contributed by atoms with van der Waals surface area (Å²) in [4.78, 5) is 2.13. The van der Waals surface area contributed by atoms with Crippen LogP contribution in [0.15, 0.2) is 60.7 Å². The molecule has 1 aromatic heterocycles. The van der Waals surface area contributed by atoms with E-state index in [9.17, 15) is 0 Å². The molecule has 33 heavy (non-hydrogen) atoms. The quantitative estimate of drug-likeness (QED) is 0.472. The standard InChI is InChI=1S/C29H38N4/c1-20-28(21(2)33(31-20)27-16-11-24(12-17-27)29(3,4)5)23-10-13-25(18-23)30-19-22-8-14-26(15-9-22)32(6)7/h8-17,23,25,30H,18-19H2,1-7H3. The number of anilines is 1. The van der Waals surface area contributed by atoms with Crippen molar-refractivity contribution >= 4 is 5.69 Å². The highest BCUT2D eigenvalue weighted by Gasteiger charge is 2.26. The van der Waals surface area contributed by atoms with E-state index in [1.54, 1.807) is 0 Å². The van der Waals surface area contributed by atoms with Gasteiger partial charge in [0.15, 0.2) is 0 Å². The van der Waals surface area contributed by atoms with E-state index >= 15 is 0 Å². The topological polar surface area (TPSA) is 33.1 Å². The van der Waals surface area contributed by atoms with Crippen LogP contribution >= 0.6 is 0 Å². The van der Waals surface area contributed by atoms with Crippen molar-refractivity contribution in [2.75, 3.05) is 19.0 Å². The van der Waals surface area contributed by atoms with Crippen LogP contribution in [0.2, 0.25) is 0 Å². The molecular formula is C29H38N4. The van der Waals surface area contributed by atoms with Crippen molar-refractivity contribution in [3.63, 3.8) is 0 Å². The van der Waals surface area contributed by atoms with Gasteiger partial charge in [-0.15, -0.1) is 0 Å². The van der Waals surface area contributed by atoms with E-state index in [1.165, 1.54) is 28.1 Å². The maximum atomic E-state index is 4.92. The fourth-order valence-electron chi connectivity index (χ4n) is 4.77. The van der Waals surface area contributed by atoms with Gasteiger partial charge in [0.1, 0.15) is 0 Å². The lowest BCUT2D eigenvalue weighted by molar-refractivity contribution is 0.559. The van der Waals surface area contributed by atoms with E-state index in [-0.39, 0.29) is 5.41 Å². The number of hydrogen-bond donors (Lipinski definition) is 1. The van der Waals surface area contributed by atoms with Gasteiger partial charge < -0.3 is 10.2 Å². The molecule has 4 nitrogen and oxygen atoms in total. The summed E-state index contributed by atoms with van der Waals surface area (Å²) >= 11 is 0. The Balaban J connectivity index is 1.43. The summed E-state index contributed by atoms with van der Waals surface area (Å²) in [6.45, 7) is 12.0. The van der Waals surface area contributed by atoms with E-state index < -0.39 is 0 Å². The van der Waals surface area contributed by atoms with Gasteiger partial charge in [0.05, 0.1) is 11.4 Å². The number of rotatable bonds is 6. The first kappa shape index (κ1) is 23.3. The Kier molecular flexibility index (Phi) is 6.49.